The zero-order chi connectivity index (χ0) is 15.2. The van der Waals surface area contributed by atoms with Crippen molar-refractivity contribution >= 4 is 23.1 Å². The lowest BCUT2D eigenvalue weighted by atomic mass is 10.0. The fourth-order valence-electron chi connectivity index (χ4n) is 2.05. The standard InChI is InChI=1S/C18H18ClNO/c1-13(2)16-5-3-4-6-17(16)20-12-11-18(21)14-7-9-15(19)10-8-14/h3-13,20H,1-2H3. The van der Waals surface area contributed by atoms with E-state index in [2.05, 4.69) is 25.2 Å². The highest BCUT2D eigenvalue weighted by Crippen LogP contribution is 2.23. The summed E-state index contributed by atoms with van der Waals surface area (Å²) in [5, 5.41) is 3.80. The Balaban J connectivity index is 2.06. The van der Waals surface area contributed by atoms with E-state index in [9.17, 15) is 4.79 Å². The van der Waals surface area contributed by atoms with E-state index in [1.54, 1.807) is 30.5 Å². The summed E-state index contributed by atoms with van der Waals surface area (Å²) in [4.78, 5) is 12.0. The second-order valence-corrected chi connectivity index (χ2v) is 5.53. The molecule has 2 aromatic carbocycles. The molecule has 2 nitrogen and oxygen atoms in total. The largest absolute Gasteiger partial charge is 0.361 e. The van der Waals surface area contributed by atoms with Crippen molar-refractivity contribution in [2.75, 3.05) is 5.32 Å². The minimum absolute atomic E-state index is 0.0544. The molecule has 0 aromatic heterocycles. The predicted octanol–water partition coefficient (Wildman–Crippen LogP) is 5.27. The van der Waals surface area contributed by atoms with Gasteiger partial charge in [0, 0.05) is 28.5 Å². The molecule has 1 N–H and O–H groups in total. The van der Waals surface area contributed by atoms with Crippen LogP contribution in [0.15, 0.2) is 60.8 Å². The second kappa shape index (κ2) is 7.09. The van der Waals surface area contributed by atoms with Crippen molar-refractivity contribution in [3.05, 3.63) is 77.0 Å². The summed E-state index contributed by atoms with van der Waals surface area (Å²) >= 11 is 5.81. The second-order valence-electron chi connectivity index (χ2n) is 5.09. The number of carbonyl (C=O) groups is 1. The molecule has 0 amide bonds. The fraction of sp³-hybridized carbons (Fsp3) is 0.167. The van der Waals surface area contributed by atoms with E-state index in [1.165, 1.54) is 11.6 Å². The Hall–Kier alpha value is -2.06. The van der Waals surface area contributed by atoms with E-state index in [0.717, 1.165) is 5.69 Å². The molecule has 0 heterocycles. The highest BCUT2D eigenvalue weighted by molar-refractivity contribution is 6.30. The summed E-state index contributed by atoms with van der Waals surface area (Å²) in [6, 6.07) is 14.9. The Morgan fingerprint density at radius 3 is 2.43 bits per heavy atom. The molecule has 0 spiro atoms. The van der Waals surface area contributed by atoms with Crippen LogP contribution in [0, 0.1) is 0 Å². The van der Waals surface area contributed by atoms with Gasteiger partial charge < -0.3 is 5.32 Å². The number of allylic oxidation sites excluding steroid dienone is 1. The fourth-order valence-corrected chi connectivity index (χ4v) is 2.18. The van der Waals surface area contributed by atoms with Gasteiger partial charge in [-0.15, -0.1) is 0 Å². The lowest BCUT2D eigenvalue weighted by molar-refractivity contribution is 0.104. The maximum Gasteiger partial charge on any atom is 0.187 e. The molecular formula is C18H18ClNO. The quantitative estimate of drug-likeness (QED) is 0.602. The van der Waals surface area contributed by atoms with Gasteiger partial charge in [0.05, 0.1) is 0 Å². The SMILES string of the molecule is CC(C)c1ccccc1NC=CC(=O)c1ccc(Cl)cc1. The molecule has 0 saturated carbocycles. The van der Waals surface area contributed by atoms with Gasteiger partial charge in [0.25, 0.3) is 0 Å². The van der Waals surface area contributed by atoms with E-state index in [4.69, 9.17) is 11.6 Å². The molecule has 21 heavy (non-hydrogen) atoms. The van der Waals surface area contributed by atoms with Crippen molar-refractivity contribution in [3.63, 3.8) is 0 Å². The highest BCUT2D eigenvalue weighted by atomic mass is 35.5. The molecule has 0 saturated heterocycles. The summed E-state index contributed by atoms with van der Waals surface area (Å²) < 4.78 is 0. The normalized spacial score (nSPS) is 11.0. The van der Waals surface area contributed by atoms with Crippen LogP contribution in [-0.2, 0) is 0 Å². The molecule has 0 fully saturated rings. The number of anilines is 1. The van der Waals surface area contributed by atoms with Crippen molar-refractivity contribution < 1.29 is 4.79 Å². The van der Waals surface area contributed by atoms with Gasteiger partial charge in [0.15, 0.2) is 5.78 Å². The van der Waals surface area contributed by atoms with E-state index >= 15 is 0 Å². The van der Waals surface area contributed by atoms with E-state index in [0.29, 0.717) is 16.5 Å². The third-order valence-corrected chi connectivity index (χ3v) is 3.44. The Kier molecular flexibility index (Phi) is 5.18. The van der Waals surface area contributed by atoms with Crippen molar-refractivity contribution in [2.24, 2.45) is 0 Å². The molecule has 0 atom stereocenters. The van der Waals surface area contributed by atoms with Gasteiger partial charge >= 0.3 is 0 Å². The molecule has 2 rings (SSSR count). The first-order valence-electron chi connectivity index (χ1n) is 6.90. The molecule has 2 aromatic rings. The number of carbonyl (C=O) groups excluding carboxylic acids is 1. The average Bonchev–Trinajstić information content (AvgIpc) is 2.48. The van der Waals surface area contributed by atoms with Crippen LogP contribution in [0.5, 0.6) is 0 Å². The van der Waals surface area contributed by atoms with Crippen LogP contribution in [0.2, 0.25) is 5.02 Å². The van der Waals surface area contributed by atoms with Crippen LogP contribution in [0.3, 0.4) is 0 Å². The third-order valence-electron chi connectivity index (χ3n) is 3.19. The van der Waals surface area contributed by atoms with Gasteiger partial charge in [-0.3, -0.25) is 4.79 Å². The first-order valence-corrected chi connectivity index (χ1v) is 7.27. The Labute approximate surface area is 130 Å². The predicted molar refractivity (Wildman–Crippen MR) is 89.1 cm³/mol. The molecule has 0 aliphatic carbocycles. The Morgan fingerprint density at radius 2 is 1.76 bits per heavy atom. The van der Waals surface area contributed by atoms with Gasteiger partial charge in [-0.25, -0.2) is 0 Å². The smallest absolute Gasteiger partial charge is 0.187 e. The molecule has 0 radical (unpaired) electrons. The molecule has 0 bridgehead atoms. The van der Waals surface area contributed by atoms with Crippen LogP contribution in [0.1, 0.15) is 35.7 Å². The summed E-state index contributed by atoms with van der Waals surface area (Å²) in [6.07, 6.45) is 3.21. The van der Waals surface area contributed by atoms with E-state index in [1.807, 2.05) is 18.2 Å². The van der Waals surface area contributed by atoms with E-state index < -0.39 is 0 Å². The van der Waals surface area contributed by atoms with Crippen molar-refractivity contribution in [1.82, 2.24) is 0 Å². The molecule has 0 aliphatic rings. The molecular weight excluding hydrogens is 282 g/mol. The molecule has 108 valence electrons. The number of halogens is 1. The number of para-hydroxylation sites is 1. The topological polar surface area (TPSA) is 29.1 Å². The number of hydrogen-bond acceptors (Lipinski definition) is 2. The highest BCUT2D eigenvalue weighted by Gasteiger charge is 2.04. The maximum absolute atomic E-state index is 12.0. The van der Waals surface area contributed by atoms with Crippen LogP contribution in [0.4, 0.5) is 5.69 Å². The first-order chi connectivity index (χ1) is 10.1. The summed E-state index contributed by atoms with van der Waals surface area (Å²) in [5.41, 5.74) is 2.86. The van der Waals surface area contributed by atoms with Crippen molar-refractivity contribution in [2.45, 2.75) is 19.8 Å². The minimum atomic E-state index is -0.0544. The van der Waals surface area contributed by atoms with Crippen molar-refractivity contribution in [3.8, 4) is 0 Å². The number of ketones is 1. The summed E-state index contributed by atoms with van der Waals surface area (Å²) in [7, 11) is 0. The number of benzene rings is 2. The van der Waals surface area contributed by atoms with Gasteiger partial charge in [-0.1, -0.05) is 43.6 Å². The third kappa shape index (κ3) is 4.20. The van der Waals surface area contributed by atoms with E-state index in [-0.39, 0.29) is 5.78 Å². The van der Waals surface area contributed by atoms with Gasteiger partial charge in [-0.05, 0) is 41.8 Å². The van der Waals surface area contributed by atoms with Crippen molar-refractivity contribution in [1.29, 1.82) is 0 Å². The zero-order valence-electron chi connectivity index (χ0n) is 12.1. The number of hydrogen-bond donors (Lipinski definition) is 1. The van der Waals surface area contributed by atoms with Crippen LogP contribution in [0.25, 0.3) is 0 Å². The first kappa shape index (κ1) is 15.3. The lowest BCUT2D eigenvalue weighted by Crippen LogP contribution is -1.99. The van der Waals surface area contributed by atoms with Crippen LogP contribution >= 0.6 is 11.6 Å². The Bertz CT molecular complexity index is 645. The van der Waals surface area contributed by atoms with Crippen LogP contribution < -0.4 is 5.32 Å². The summed E-state index contributed by atoms with van der Waals surface area (Å²) in [5.74, 6) is 0.371. The summed E-state index contributed by atoms with van der Waals surface area (Å²) in [6.45, 7) is 4.28. The van der Waals surface area contributed by atoms with Crippen LogP contribution in [-0.4, -0.2) is 5.78 Å². The monoisotopic (exact) mass is 299 g/mol. The number of nitrogens with one attached hydrogen (secondary N) is 1. The van der Waals surface area contributed by atoms with Gasteiger partial charge in [-0.2, -0.15) is 0 Å². The van der Waals surface area contributed by atoms with Gasteiger partial charge in [0.1, 0.15) is 0 Å². The number of rotatable bonds is 5. The molecule has 3 heteroatoms. The minimum Gasteiger partial charge on any atom is -0.361 e. The Morgan fingerprint density at radius 1 is 1.10 bits per heavy atom. The van der Waals surface area contributed by atoms with Gasteiger partial charge in [0.2, 0.25) is 0 Å². The maximum atomic E-state index is 12.0. The zero-order valence-corrected chi connectivity index (χ0v) is 12.9. The average molecular weight is 300 g/mol. The molecule has 0 unspecified atom stereocenters. The lowest BCUT2D eigenvalue weighted by Gasteiger charge is -2.11. The molecule has 0 aliphatic heterocycles.